The molecular formula is C19H21ClN2O. The van der Waals surface area contributed by atoms with Crippen molar-refractivity contribution in [2.24, 2.45) is 4.99 Å². The van der Waals surface area contributed by atoms with Gasteiger partial charge in [-0.3, -0.25) is 4.99 Å². The summed E-state index contributed by atoms with van der Waals surface area (Å²) in [5.74, 6) is 0.664. The van der Waals surface area contributed by atoms with E-state index in [9.17, 15) is 0 Å². The van der Waals surface area contributed by atoms with Gasteiger partial charge in [0, 0.05) is 25.0 Å². The summed E-state index contributed by atoms with van der Waals surface area (Å²) < 4.78 is 5.16. The van der Waals surface area contributed by atoms with Gasteiger partial charge in [0.05, 0.1) is 17.8 Å². The van der Waals surface area contributed by atoms with Gasteiger partial charge in [-0.25, -0.2) is 0 Å². The molecule has 120 valence electrons. The second-order valence-electron chi connectivity index (χ2n) is 5.81. The molecule has 2 aromatic rings. The number of rotatable bonds is 4. The van der Waals surface area contributed by atoms with E-state index in [1.54, 1.807) is 7.11 Å². The van der Waals surface area contributed by atoms with Crippen LogP contribution in [0, 0.1) is 6.92 Å². The van der Waals surface area contributed by atoms with Crippen molar-refractivity contribution in [1.82, 2.24) is 0 Å². The maximum Gasteiger partial charge on any atom is 0.137 e. The van der Waals surface area contributed by atoms with Gasteiger partial charge in [0.15, 0.2) is 0 Å². The Hall–Kier alpha value is -2.00. The summed E-state index contributed by atoms with van der Waals surface area (Å²) in [6.07, 6.45) is 4.47. The van der Waals surface area contributed by atoms with Crippen molar-refractivity contribution in [2.45, 2.75) is 19.8 Å². The number of methoxy groups -OCH3 is 1. The predicted octanol–water partition coefficient (Wildman–Crippen LogP) is 5.01. The van der Waals surface area contributed by atoms with Gasteiger partial charge in [-0.05, 0) is 61.2 Å². The van der Waals surface area contributed by atoms with Crippen molar-refractivity contribution in [2.75, 3.05) is 25.1 Å². The lowest BCUT2D eigenvalue weighted by Crippen LogP contribution is -2.17. The molecule has 4 heteroatoms. The minimum Gasteiger partial charge on any atom is -0.495 e. The van der Waals surface area contributed by atoms with E-state index in [1.165, 1.54) is 24.1 Å². The van der Waals surface area contributed by atoms with E-state index in [2.05, 4.69) is 35.0 Å². The monoisotopic (exact) mass is 328 g/mol. The van der Waals surface area contributed by atoms with E-state index < -0.39 is 0 Å². The minimum atomic E-state index is 0.572. The molecule has 1 heterocycles. The van der Waals surface area contributed by atoms with Gasteiger partial charge in [-0.2, -0.15) is 0 Å². The molecule has 1 saturated heterocycles. The van der Waals surface area contributed by atoms with Gasteiger partial charge in [0.25, 0.3) is 0 Å². The lowest BCUT2D eigenvalue weighted by atomic mass is 10.1. The van der Waals surface area contributed by atoms with E-state index in [4.69, 9.17) is 16.3 Å². The van der Waals surface area contributed by atoms with Gasteiger partial charge in [-0.15, -0.1) is 0 Å². The zero-order valence-electron chi connectivity index (χ0n) is 13.6. The molecule has 0 radical (unpaired) electrons. The molecule has 0 atom stereocenters. The Bertz CT molecular complexity index is 721. The van der Waals surface area contributed by atoms with Gasteiger partial charge < -0.3 is 9.64 Å². The molecule has 23 heavy (non-hydrogen) atoms. The number of hydrogen-bond acceptors (Lipinski definition) is 3. The fourth-order valence-electron chi connectivity index (χ4n) is 2.86. The highest BCUT2D eigenvalue weighted by Gasteiger charge is 2.12. The van der Waals surface area contributed by atoms with Crippen molar-refractivity contribution >= 4 is 29.2 Å². The first kappa shape index (κ1) is 15.9. The van der Waals surface area contributed by atoms with E-state index in [0.29, 0.717) is 10.8 Å². The van der Waals surface area contributed by atoms with Gasteiger partial charge >= 0.3 is 0 Å². The Balaban J connectivity index is 1.78. The van der Waals surface area contributed by atoms with E-state index in [0.717, 1.165) is 24.3 Å². The zero-order chi connectivity index (χ0) is 16.2. The van der Waals surface area contributed by atoms with Gasteiger partial charge in [0.1, 0.15) is 5.75 Å². The molecule has 0 unspecified atom stereocenters. The Morgan fingerprint density at radius 2 is 1.91 bits per heavy atom. The van der Waals surface area contributed by atoms with E-state index in [1.807, 2.05) is 24.4 Å². The number of aryl methyl sites for hydroxylation is 1. The number of halogens is 1. The first-order valence-electron chi connectivity index (χ1n) is 7.90. The topological polar surface area (TPSA) is 24.8 Å². The third-order valence-corrected chi connectivity index (χ3v) is 4.51. The zero-order valence-corrected chi connectivity index (χ0v) is 14.3. The summed E-state index contributed by atoms with van der Waals surface area (Å²) in [6.45, 7) is 4.45. The standard InChI is InChI=1S/C19H21ClN2O/c1-14-11-17(22-9-3-4-10-22)7-5-15(14)13-21-16-6-8-19(23-2)18(20)12-16/h5-8,11-13H,3-4,9-10H2,1-2H3. The SMILES string of the molecule is COc1ccc(N=Cc2ccc(N3CCCC3)cc2C)cc1Cl. The van der Waals surface area contributed by atoms with E-state index in [-0.39, 0.29) is 0 Å². The molecule has 0 N–H and O–H groups in total. The van der Waals surface area contributed by atoms with Crippen LogP contribution < -0.4 is 9.64 Å². The van der Waals surface area contributed by atoms with Crippen LogP contribution >= 0.6 is 11.6 Å². The number of nitrogens with zero attached hydrogens (tertiary/aromatic N) is 2. The summed E-state index contributed by atoms with van der Waals surface area (Å²) in [5.41, 5.74) is 4.49. The quantitative estimate of drug-likeness (QED) is 0.737. The van der Waals surface area contributed by atoms with E-state index >= 15 is 0 Å². The Labute approximate surface area is 142 Å². The maximum atomic E-state index is 6.13. The number of hydrogen-bond donors (Lipinski definition) is 0. The second-order valence-corrected chi connectivity index (χ2v) is 6.22. The Morgan fingerprint density at radius 1 is 1.13 bits per heavy atom. The molecule has 0 bridgehead atoms. The van der Waals surface area contributed by atoms with Crippen LogP contribution in [0.5, 0.6) is 5.75 Å². The summed E-state index contributed by atoms with van der Waals surface area (Å²) >= 11 is 6.13. The van der Waals surface area contributed by atoms with Gasteiger partial charge in [-0.1, -0.05) is 17.7 Å². The third-order valence-electron chi connectivity index (χ3n) is 4.21. The van der Waals surface area contributed by atoms with Gasteiger partial charge in [0.2, 0.25) is 0 Å². The Kier molecular flexibility index (Phi) is 4.87. The Morgan fingerprint density at radius 3 is 2.57 bits per heavy atom. The summed E-state index contributed by atoms with van der Waals surface area (Å²) in [4.78, 5) is 6.96. The van der Waals surface area contributed by atoms with Crippen LogP contribution in [-0.4, -0.2) is 26.4 Å². The molecule has 0 saturated carbocycles. The normalized spacial score (nSPS) is 14.7. The highest BCUT2D eigenvalue weighted by atomic mass is 35.5. The number of benzene rings is 2. The summed E-state index contributed by atoms with van der Waals surface area (Å²) in [6, 6.07) is 12.1. The van der Waals surface area contributed by atoms with Crippen LogP contribution in [0.2, 0.25) is 5.02 Å². The molecule has 0 aromatic heterocycles. The molecule has 1 aliphatic rings. The van der Waals surface area contributed by atoms with Crippen molar-refractivity contribution in [3.8, 4) is 5.75 Å². The second kappa shape index (κ2) is 7.05. The molecule has 3 nitrogen and oxygen atoms in total. The van der Waals surface area contributed by atoms with Crippen LogP contribution in [0.4, 0.5) is 11.4 Å². The molecule has 0 aliphatic carbocycles. The number of aliphatic imine (C=N–C) groups is 1. The summed E-state index contributed by atoms with van der Waals surface area (Å²) in [7, 11) is 1.61. The first-order chi connectivity index (χ1) is 11.2. The summed E-state index contributed by atoms with van der Waals surface area (Å²) in [5, 5.41) is 0.572. The maximum absolute atomic E-state index is 6.13. The molecule has 1 aliphatic heterocycles. The molecule has 3 rings (SSSR count). The first-order valence-corrected chi connectivity index (χ1v) is 8.28. The lowest BCUT2D eigenvalue weighted by Gasteiger charge is -2.18. The lowest BCUT2D eigenvalue weighted by molar-refractivity contribution is 0.415. The van der Waals surface area contributed by atoms with Crippen LogP contribution in [0.3, 0.4) is 0 Å². The number of anilines is 1. The molecule has 0 spiro atoms. The number of ether oxygens (including phenoxy) is 1. The average Bonchev–Trinajstić information content (AvgIpc) is 3.08. The van der Waals surface area contributed by atoms with Crippen molar-refractivity contribution in [3.63, 3.8) is 0 Å². The third kappa shape index (κ3) is 3.67. The predicted molar refractivity (Wildman–Crippen MR) is 97.9 cm³/mol. The fourth-order valence-corrected chi connectivity index (χ4v) is 3.11. The van der Waals surface area contributed by atoms with Crippen LogP contribution in [-0.2, 0) is 0 Å². The fraction of sp³-hybridized carbons (Fsp3) is 0.316. The molecular weight excluding hydrogens is 308 g/mol. The molecule has 1 fully saturated rings. The minimum absolute atomic E-state index is 0.572. The average molecular weight is 329 g/mol. The van der Waals surface area contributed by atoms with Crippen molar-refractivity contribution in [1.29, 1.82) is 0 Å². The van der Waals surface area contributed by atoms with Crippen LogP contribution in [0.25, 0.3) is 0 Å². The smallest absolute Gasteiger partial charge is 0.137 e. The largest absolute Gasteiger partial charge is 0.495 e. The highest BCUT2D eigenvalue weighted by molar-refractivity contribution is 6.32. The molecule has 0 amide bonds. The van der Waals surface area contributed by atoms with Crippen molar-refractivity contribution in [3.05, 3.63) is 52.5 Å². The van der Waals surface area contributed by atoms with Crippen LogP contribution in [0.1, 0.15) is 24.0 Å². The highest BCUT2D eigenvalue weighted by Crippen LogP contribution is 2.29. The van der Waals surface area contributed by atoms with Crippen molar-refractivity contribution < 1.29 is 4.74 Å². The molecule has 2 aromatic carbocycles. The van der Waals surface area contributed by atoms with Crippen LogP contribution in [0.15, 0.2) is 41.4 Å².